The lowest BCUT2D eigenvalue weighted by Crippen LogP contribution is -2.13. The van der Waals surface area contributed by atoms with Crippen molar-refractivity contribution in [2.24, 2.45) is 0 Å². The van der Waals surface area contributed by atoms with Crippen molar-refractivity contribution >= 4 is 11.6 Å². The molecule has 2 aromatic carbocycles. The molecule has 0 bridgehead atoms. The minimum Gasteiger partial charge on any atom is -0.489 e. The van der Waals surface area contributed by atoms with Gasteiger partial charge >= 0.3 is 0 Å². The Kier molecular flexibility index (Phi) is 5.62. The first-order chi connectivity index (χ1) is 10.1. The maximum Gasteiger partial charge on any atom is 0.138 e. The molecule has 21 heavy (non-hydrogen) atoms. The van der Waals surface area contributed by atoms with Crippen LogP contribution < -0.4 is 10.1 Å². The van der Waals surface area contributed by atoms with Gasteiger partial charge in [0.15, 0.2) is 0 Å². The van der Waals surface area contributed by atoms with Crippen molar-refractivity contribution in [2.45, 2.75) is 19.1 Å². The minimum absolute atomic E-state index is 0.171. The van der Waals surface area contributed by atoms with Gasteiger partial charge in [0, 0.05) is 6.04 Å². The number of hydrogen-bond donors (Lipinski definition) is 2. The highest BCUT2D eigenvalue weighted by Crippen LogP contribution is 2.28. The van der Waals surface area contributed by atoms with Crippen LogP contribution in [0, 0.1) is 0 Å². The maximum atomic E-state index is 10.1. The molecule has 0 heterocycles. The molecule has 0 saturated carbocycles. The lowest BCUT2D eigenvalue weighted by molar-refractivity contribution is 0.108. The zero-order chi connectivity index (χ0) is 15.2. The molecule has 112 valence electrons. The van der Waals surface area contributed by atoms with Crippen LogP contribution in [0.2, 0.25) is 5.02 Å². The Labute approximate surface area is 130 Å². The van der Waals surface area contributed by atoms with Crippen LogP contribution in [0.4, 0.5) is 0 Å². The van der Waals surface area contributed by atoms with E-state index in [1.165, 1.54) is 0 Å². The van der Waals surface area contributed by atoms with E-state index in [1.807, 2.05) is 55.6 Å². The number of hydrogen-bond acceptors (Lipinski definition) is 3. The van der Waals surface area contributed by atoms with Crippen LogP contribution in [0.3, 0.4) is 0 Å². The summed E-state index contributed by atoms with van der Waals surface area (Å²) < 4.78 is 5.62. The zero-order valence-electron chi connectivity index (χ0n) is 12.2. The Bertz CT molecular complexity index is 574. The molecule has 3 nitrogen and oxygen atoms in total. The van der Waals surface area contributed by atoms with Crippen molar-refractivity contribution in [3.63, 3.8) is 0 Å². The Morgan fingerprint density at radius 3 is 2.48 bits per heavy atom. The van der Waals surface area contributed by atoms with Gasteiger partial charge in [-0.3, -0.25) is 0 Å². The first-order valence-corrected chi connectivity index (χ1v) is 7.32. The number of halogens is 1. The minimum atomic E-state index is -0.668. The summed E-state index contributed by atoms with van der Waals surface area (Å²) in [5, 5.41) is 13.8. The molecule has 0 amide bonds. The molecule has 0 aliphatic carbocycles. The van der Waals surface area contributed by atoms with E-state index in [2.05, 4.69) is 12.2 Å². The van der Waals surface area contributed by atoms with E-state index in [4.69, 9.17) is 16.3 Å². The third-order valence-electron chi connectivity index (χ3n) is 3.47. The van der Waals surface area contributed by atoms with E-state index in [0.29, 0.717) is 10.8 Å². The summed E-state index contributed by atoms with van der Waals surface area (Å²) in [6.45, 7) is 2.23. The van der Waals surface area contributed by atoms with Crippen molar-refractivity contribution in [3.8, 4) is 5.75 Å². The van der Waals surface area contributed by atoms with Crippen molar-refractivity contribution in [1.82, 2.24) is 5.32 Å². The fraction of sp³-hybridized carbons (Fsp3) is 0.294. The number of benzene rings is 2. The average Bonchev–Trinajstić information content (AvgIpc) is 2.53. The SMILES string of the molecule is CNC(C)c1ccc(OCC(O)c2ccccc2)c(Cl)c1. The molecular formula is C17H20ClNO2. The molecule has 4 heteroatoms. The molecule has 0 fully saturated rings. The van der Waals surface area contributed by atoms with E-state index in [9.17, 15) is 5.11 Å². The summed E-state index contributed by atoms with van der Waals surface area (Å²) >= 11 is 6.23. The number of aliphatic hydroxyl groups excluding tert-OH is 1. The van der Waals surface area contributed by atoms with Gasteiger partial charge in [-0.2, -0.15) is 0 Å². The fourth-order valence-electron chi connectivity index (χ4n) is 2.01. The first kappa shape index (κ1) is 15.8. The summed E-state index contributed by atoms with van der Waals surface area (Å²) in [6.07, 6.45) is -0.668. The number of nitrogens with one attached hydrogen (secondary N) is 1. The van der Waals surface area contributed by atoms with E-state index in [0.717, 1.165) is 11.1 Å². The van der Waals surface area contributed by atoms with Gasteiger partial charge in [-0.15, -0.1) is 0 Å². The summed E-state index contributed by atoms with van der Waals surface area (Å²) in [7, 11) is 1.90. The molecule has 2 N–H and O–H groups in total. The predicted octanol–water partition coefficient (Wildman–Crippen LogP) is 3.73. The van der Waals surface area contributed by atoms with Gasteiger partial charge in [0.25, 0.3) is 0 Å². The highest BCUT2D eigenvalue weighted by molar-refractivity contribution is 6.32. The second kappa shape index (κ2) is 7.46. The number of ether oxygens (including phenoxy) is 1. The number of rotatable bonds is 6. The van der Waals surface area contributed by atoms with Crippen molar-refractivity contribution < 1.29 is 9.84 Å². The normalized spacial score (nSPS) is 13.7. The van der Waals surface area contributed by atoms with Gasteiger partial charge in [0.2, 0.25) is 0 Å². The smallest absolute Gasteiger partial charge is 0.138 e. The molecular weight excluding hydrogens is 286 g/mol. The molecule has 0 radical (unpaired) electrons. The molecule has 2 aromatic rings. The van der Waals surface area contributed by atoms with Crippen LogP contribution in [0.15, 0.2) is 48.5 Å². The van der Waals surface area contributed by atoms with E-state index < -0.39 is 6.10 Å². The summed E-state index contributed by atoms with van der Waals surface area (Å²) in [5.41, 5.74) is 1.92. The molecule has 0 aliphatic rings. The summed E-state index contributed by atoms with van der Waals surface area (Å²) in [6, 6.07) is 15.3. The van der Waals surface area contributed by atoms with E-state index in [-0.39, 0.29) is 12.6 Å². The van der Waals surface area contributed by atoms with Gasteiger partial charge in [0.05, 0.1) is 5.02 Å². The molecule has 2 atom stereocenters. The first-order valence-electron chi connectivity index (χ1n) is 6.94. The molecule has 2 rings (SSSR count). The second-order valence-corrected chi connectivity index (χ2v) is 5.34. The second-order valence-electron chi connectivity index (χ2n) is 4.94. The van der Waals surface area contributed by atoms with Crippen LogP contribution in [-0.2, 0) is 0 Å². The molecule has 2 unspecified atom stereocenters. The lowest BCUT2D eigenvalue weighted by Gasteiger charge is -2.15. The third-order valence-corrected chi connectivity index (χ3v) is 3.77. The molecule has 0 aromatic heterocycles. The monoisotopic (exact) mass is 305 g/mol. The molecule has 0 spiro atoms. The fourth-order valence-corrected chi connectivity index (χ4v) is 2.25. The maximum absolute atomic E-state index is 10.1. The van der Waals surface area contributed by atoms with Crippen molar-refractivity contribution in [2.75, 3.05) is 13.7 Å². The van der Waals surface area contributed by atoms with Crippen LogP contribution in [-0.4, -0.2) is 18.8 Å². The van der Waals surface area contributed by atoms with Crippen molar-refractivity contribution in [1.29, 1.82) is 0 Å². The Morgan fingerprint density at radius 1 is 1.14 bits per heavy atom. The zero-order valence-corrected chi connectivity index (χ0v) is 13.0. The third kappa shape index (κ3) is 4.21. The Hall–Kier alpha value is -1.55. The van der Waals surface area contributed by atoms with E-state index >= 15 is 0 Å². The highest BCUT2D eigenvalue weighted by Gasteiger charge is 2.11. The van der Waals surface area contributed by atoms with Crippen LogP contribution in [0.25, 0.3) is 0 Å². The molecule has 0 aliphatic heterocycles. The summed E-state index contributed by atoms with van der Waals surface area (Å²) in [4.78, 5) is 0. The number of aliphatic hydroxyl groups is 1. The predicted molar refractivity (Wildman–Crippen MR) is 85.8 cm³/mol. The van der Waals surface area contributed by atoms with Gasteiger partial charge in [-0.25, -0.2) is 0 Å². The van der Waals surface area contributed by atoms with Crippen LogP contribution in [0.1, 0.15) is 30.2 Å². The average molecular weight is 306 g/mol. The largest absolute Gasteiger partial charge is 0.489 e. The van der Waals surface area contributed by atoms with Crippen LogP contribution >= 0.6 is 11.6 Å². The van der Waals surface area contributed by atoms with Crippen molar-refractivity contribution in [3.05, 3.63) is 64.7 Å². The van der Waals surface area contributed by atoms with Gasteiger partial charge in [-0.05, 0) is 37.2 Å². The topological polar surface area (TPSA) is 41.5 Å². The van der Waals surface area contributed by atoms with Gasteiger partial charge in [-0.1, -0.05) is 48.0 Å². The lowest BCUT2D eigenvalue weighted by atomic mass is 10.1. The molecule has 0 saturated heterocycles. The van der Waals surface area contributed by atoms with Gasteiger partial charge < -0.3 is 15.2 Å². The highest BCUT2D eigenvalue weighted by atomic mass is 35.5. The van der Waals surface area contributed by atoms with E-state index in [1.54, 1.807) is 0 Å². The van der Waals surface area contributed by atoms with Crippen LogP contribution in [0.5, 0.6) is 5.75 Å². The Balaban J connectivity index is 2.00. The van der Waals surface area contributed by atoms with Gasteiger partial charge in [0.1, 0.15) is 18.5 Å². The standard InChI is InChI=1S/C17H20ClNO2/c1-12(19-2)14-8-9-17(15(18)10-14)21-11-16(20)13-6-4-3-5-7-13/h3-10,12,16,19-20H,11H2,1-2H3. The Morgan fingerprint density at radius 2 is 1.86 bits per heavy atom. The summed E-state index contributed by atoms with van der Waals surface area (Å²) in [5.74, 6) is 0.582. The quantitative estimate of drug-likeness (QED) is 0.854.